The van der Waals surface area contributed by atoms with E-state index in [0.29, 0.717) is 30.8 Å². The predicted molar refractivity (Wildman–Crippen MR) is 128 cm³/mol. The number of amides is 2. The number of aryl methyl sites for hydroxylation is 1. The molecule has 3 aromatic carbocycles. The van der Waals surface area contributed by atoms with Gasteiger partial charge in [-0.2, -0.15) is 0 Å². The number of fused-ring (bicyclic) bond motifs is 1. The molecule has 0 aliphatic carbocycles. The molecule has 0 radical (unpaired) electrons. The molecule has 0 atom stereocenters. The maximum Gasteiger partial charge on any atom is 0.255 e. The lowest BCUT2D eigenvalue weighted by Gasteiger charge is -2.26. The maximum absolute atomic E-state index is 13.4. The Morgan fingerprint density at radius 3 is 2.44 bits per heavy atom. The van der Waals surface area contributed by atoms with Crippen molar-refractivity contribution < 1.29 is 18.4 Å². The molecule has 170 valence electrons. The number of carbonyl (C=O) groups excluding carboxylic acids is 2. The van der Waals surface area contributed by atoms with Crippen LogP contribution < -0.4 is 5.32 Å². The van der Waals surface area contributed by atoms with E-state index in [1.165, 1.54) is 18.2 Å². The van der Waals surface area contributed by atoms with Crippen LogP contribution in [0.1, 0.15) is 37.6 Å². The topological polar surface area (TPSA) is 62.6 Å². The van der Waals surface area contributed by atoms with Gasteiger partial charge >= 0.3 is 0 Å². The third-order valence-corrected chi connectivity index (χ3v) is 5.97. The summed E-state index contributed by atoms with van der Waals surface area (Å²) in [5, 5.41) is 2.77. The Bertz CT molecular complexity index is 1360. The number of nitrogens with zero attached hydrogens (tertiary/aromatic N) is 1. The second-order valence-electron chi connectivity index (χ2n) is 8.44. The highest BCUT2D eigenvalue weighted by atomic mass is 19.1. The molecule has 1 aliphatic heterocycles. The minimum Gasteiger partial charge on any atom is -0.461 e. The smallest absolute Gasteiger partial charge is 0.255 e. The van der Waals surface area contributed by atoms with Crippen LogP contribution in [0.25, 0.3) is 11.3 Å². The van der Waals surface area contributed by atoms with E-state index >= 15 is 0 Å². The van der Waals surface area contributed by atoms with E-state index in [4.69, 9.17) is 4.42 Å². The number of nitrogens with one attached hydrogen (secondary N) is 1. The molecule has 1 N–H and O–H groups in total. The van der Waals surface area contributed by atoms with E-state index in [9.17, 15) is 14.0 Å². The van der Waals surface area contributed by atoms with Crippen LogP contribution in [-0.2, 0) is 13.0 Å². The van der Waals surface area contributed by atoms with E-state index < -0.39 is 5.82 Å². The number of furan rings is 1. The molecule has 5 rings (SSSR count). The normalized spacial score (nSPS) is 12.8. The van der Waals surface area contributed by atoms with Crippen LogP contribution in [0.2, 0.25) is 0 Å². The first-order valence-corrected chi connectivity index (χ1v) is 11.1. The standard InChI is InChI=1S/C28H23FN2O3/c1-18-5-7-20(8-6-18)28(33)31-14-13-25-22(17-31)16-26(34-25)19-9-11-24(12-10-19)30-27(32)21-3-2-4-23(29)15-21/h2-12,15-16H,13-14,17H2,1H3,(H,30,32). The lowest BCUT2D eigenvalue weighted by molar-refractivity contribution is 0.0730. The first-order chi connectivity index (χ1) is 16.5. The first kappa shape index (κ1) is 21.6. The third-order valence-electron chi connectivity index (χ3n) is 5.97. The molecule has 1 aliphatic rings. The molecular formula is C28H23FN2O3. The Balaban J connectivity index is 1.27. The van der Waals surface area contributed by atoms with Crippen molar-refractivity contribution >= 4 is 17.5 Å². The summed E-state index contributed by atoms with van der Waals surface area (Å²) in [6.45, 7) is 3.12. The minimum absolute atomic E-state index is 0.0202. The summed E-state index contributed by atoms with van der Waals surface area (Å²) >= 11 is 0. The van der Waals surface area contributed by atoms with Crippen molar-refractivity contribution in [2.75, 3.05) is 11.9 Å². The van der Waals surface area contributed by atoms with Gasteiger partial charge in [0.1, 0.15) is 17.3 Å². The molecule has 0 unspecified atom stereocenters. The molecule has 2 heterocycles. The highest BCUT2D eigenvalue weighted by Crippen LogP contribution is 2.31. The molecule has 2 amide bonds. The molecule has 1 aromatic heterocycles. The fraction of sp³-hybridized carbons (Fsp3) is 0.143. The fourth-order valence-corrected chi connectivity index (χ4v) is 4.08. The quantitative estimate of drug-likeness (QED) is 0.421. The van der Waals surface area contributed by atoms with Crippen LogP contribution in [0.3, 0.4) is 0 Å². The van der Waals surface area contributed by atoms with Gasteiger partial charge in [0.05, 0.1) is 0 Å². The predicted octanol–water partition coefficient (Wildman–Crippen LogP) is 5.84. The van der Waals surface area contributed by atoms with Crippen molar-refractivity contribution in [3.8, 4) is 11.3 Å². The molecule has 4 aromatic rings. The number of hydrogen-bond donors (Lipinski definition) is 1. The number of hydrogen-bond acceptors (Lipinski definition) is 3. The molecule has 5 nitrogen and oxygen atoms in total. The lowest BCUT2D eigenvalue weighted by atomic mass is 10.1. The molecule has 34 heavy (non-hydrogen) atoms. The SMILES string of the molecule is Cc1ccc(C(=O)N2CCc3oc(-c4ccc(NC(=O)c5cccc(F)c5)cc4)cc3C2)cc1. The van der Waals surface area contributed by atoms with Crippen LogP contribution in [0.4, 0.5) is 10.1 Å². The van der Waals surface area contributed by atoms with Gasteiger partial charge in [-0.15, -0.1) is 0 Å². The number of anilines is 1. The van der Waals surface area contributed by atoms with Gasteiger partial charge in [0, 0.05) is 47.5 Å². The van der Waals surface area contributed by atoms with Gasteiger partial charge in [-0.05, 0) is 67.6 Å². The summed E-state index contributed by atoms with van der Waals surface area (Å²) in [7, 11) is 0. The molecule has 0 fully saturated rings. The van der Waals surface area contributed by atoms with E-state index in [1.807, 2.05) is 54.3 Å². The zero-order valence-corrected chi connectivity index (χ0v) is 18.7. The second-order valence-corrected chi connectivity index (χ2v) is 8.44. The van der Waals surface area contributed by atoms with Crippen LogP contribution in [0.15, 0.2) is 83.3 Å². The molecule has 6 heteroatoms. The van der Waals surface area contributed by atoms with Crippen molar-refractivity contribution in [2.45, 2.75) is 19.9 Å². The first-order valence-electron chi connectivity index (χ1n) is 11.1. The van der Waals surface area contributed by atoms with Gasteiger partial charge in [0.25, 0.3) is 11.8 Å². The van der Waals surface area contributed by atoms with Crippen molar-refractivity contribution in [1.29, 1.82) is 0 Å². The van der Waals surface area contributed by atoms with E-state index in [0.717, 1.165) is 28.2 Å². The summed E-state index contributed by atoms with van der Waals surface area (Å²) in [5.74, 6) is 0.804. The van der Waals surface area contributed by atoms with Gasteiger partial charge in [-0.1, -0.05) is 23.8 Å². The molecule has 0 bridgehead atoms. The van der Waals surface area contributed by atoms with E-state index in [1.54, 1.807) is 18.2 Å². The van der Waals surface area contributed by atoms with Crippen LogP contribution in [0.5, 0.6) is 0 Å². The Kier molecular flexibility index (Phi) is 5.72. The summed E-state index contributed by atoms with van der Waals surface area (Å²) in [6, 6.07) is 22.4. The largest absolute Gasteiger partial charge is 0.461 e. The summed E-state index contributed by atoms with van der Waals surface area (Å²) in [4.78, 5) is 27.1. The molecule has 0 spiro atoms. The monoisotopic (exact) mass is 454 g/mol. The number of rotatable bonds is 4. The third kappa shape index (κ3) is 4.48. The average molecular weight is 455 g/mol. The van der Waals surface area contributed by atoms with Gasteiger partial charge in [-0.3, -0.25) is 9.59 Å². The minimum atomic E-state index is -0.455. The van der Waals surface area contributed by atoms with Crippen molar-refractivity contribution in [3.63, 3.8) is 0 Å². The molecular weight excluding hydrogens is 431 g/mol. The van der Waals surface area contributed by atoms with Gasteiger partial charge < -0.3 is 14.6 Å². The number of benzene rings is 3. The zero-order chi connectivity index (χ0) is 23.7. The second kappa shape index (κ2) is 8.98. The van der Waals surface area contributed by atoms with Crippen LogP contribution >= 0.6 is 0 Å². The maximum atomic E-state index is 13.4. The van der Waals surface area contributed by atoms with Crippen molar-refractivity contribution in [1.82, 2.24) is 4.90 Å². The Hall–Kier alpha value is -4.19. The fourth-order valence-electron chi connectivity index (χ4n) is 4.08. The van der Waals surface area contributed by atoms with Crippen LogP contribution in [0, 0.1) is 12.7 Å². The summed E-state index contributed by atoms with van der Waals surface area (Å²) in [5.41, 5.74) is 4.54. The summed E-state index contributed by atoms with van der Waals surface area (Å²) in [6.07, 6.45) is 0.661. The Labute approximate surface area is 196 Å². The summed E-state index contributed by atoms with van der Waals surface area (Å²) < 4.78 is 19.4. The van der Waals surface area contributed by atoms with Crippen LogP contribution in [-0.4, -0.2) is 23.3 Å². The van der Waals surface area contributed by atoms with Gasteiger partial charge in [0.15, 0.2) is 0 Å². The van der Waals surface area contributed by atoms with E-state index in [2.05, 4.69) is 5.32 Å². The van der Waals surface area contributed by atoms with E-state index in [-0.39, 0.29) is 17.4 Å². The number of carbonyl (C=O) groups is 2. The molecule has 0 saturated heterocycles. The van der Waals surface area contributed by atoms with Gasteiger partial charge in [-0.25, -0.2) is 4.39 Å². The highest BCUT2D eigenvalue weighted by Gasteiger charge is 2.25. The Morgan fingerprint density at radius 2 is 1.71 bits per heavy atom. The lowest BCUT2D eigenvalue weighted by Crippen LogP contribution is -2.35. The van der Waals surface area contributed by atoms with Gasteiger partial charge in [0.2, 0.25) is 0 Å². The zero-order valence-electron chi connectivity index (χ0n) is 18.7. The van der Waals surface area contributed by atoms with Crippen molar-refractivity contribution in [3.05, 3.63) is 113 Å². The average Bonchev–Trinajstić information content (AvgIpc) is 3.28. The van der Waals surface area contributed by atoms with Crippen molar-refractivity contribution in [2.24, 2.45) is 0 Å². The number of halogens is 1. The highest BCUT2D eigenvalue weighted by molar-refractivity contribution is 6.04. The molecule has 0 saturated carbocycles. The Morgan fingerprint density at radius 1 is 0.941 bits per heavy atom.